The molecule has 0 radical (unpaired) electrons. The molecule has 0 atom stereocenters. The molecule has 0 aliphatic carbocycles. The van der Waals surface area contributed by atoms with Gasteiger partial charge in [-0.25, -0.2) is 0 Å². The van der Waals surface area contributed by atoms with Gasteiger partial charge in [0.1, 0.15) is 12.8 Å². The van der Waals surface area contributed by atoms with Crippen LogP contribution in [0.4, 0.5) is 0 Å². The summed E-state index contributed by atoms with van der Waals surface area (Å²) in [4.78, 5) is 24.8. The van der Waals surface area contributed by atoms with E-state index in [1.165, 1.54) is 0 Å². The quantitative estimate of drug-likeness (QED) is 0.515. The minimum Gasteiger partial charge on any atom is -0.493 e. The fourth-order valence-electron chi connectivity index (χ4n) is 3.10. The molecule has 0 fully saturated rings. The molecule has 6 heteroatoms. The number of hydrogen-bond acceptors (Lipinski definition) is 4. The topological polar surface area (TPSA) is 76.7 Å². The fraction of sp³-hybridized carbons (Fsp3) is 0.440. The van der Waals surface area contributed by atoms with Crippen molar-refractivity contribution in [1.29, 1.82) is 0 Å². The number of hydrogen-bond donors (Lipinski definition) is 2. The van der Waals surface area contributed by atoms with Gasteiger partial charge < -0.3 is 20.1 Å². The van der Waals surface area contributed by atoms with Crippen LogP contribution >= 0.6 is 0 Å². The van der Waals surface area contributed by atoms with Crippen LogP contribution in [0.15, 0.2) is 48.5 Å². The molecule has 2 amide bonds. The lowest BCUT2D eigenvalue weighted by molar-refractivity contribution is -0.125. The molecule has 31 heavy (non-hydrogen) atoms. The molecular formula is C25H34N2O4. The van der Waals surface area contributed by atoms with E-state index in [4.69, 9.17) is 9.47 Å². The summed E-state index contributed by atoms with van der Waals surface area (Å²) in [6, 6.07) is 15.3. The molecule has 0 aliphatic heterocycles. The van der Waals surface area contributed by atoms with Crippen molar-refractivity contribution in [3.63, 3.8) is 0 Å². The predicted octanol–water partition coefficient (Wildman–Crippen LogP) is 4.60. The predicted molar refractivity (Wildman–Crippen MR) is 122 cm³/mol. The second kappa shape index (κ2) is 12.0. The summed E-state index contributed by atoms with van der Waals surface area (Å²) < 4.78 is 11.4. The summed E-state index contributed by atoms with van der Waals surface area (Å²) in [6.07, 6.45) is 0.118. The lowest BCUT2D eigenvalue weighted by Crippen LogP contribution is -2.41. The summed E-state index contributed by atoms with van der Waals surface area (Å²) >= 11 is 0. The number of methoxy groups -OCH3 is 1. The Morgan fingerprint density at radius 2 is 1.42 bits per heavy atom. The van der Waals surface area contributed by atoms with E-state index < -0.39 is 6.17 Å². The van der Waals surface area contributed by atoms with Gasteiger partial charge in [-0.05, 0) is 35.1 Å². The van der Waals surface area contributed by atoms with Gasteiger partial charge in [0.15, 0.2) is 11.5 Å². The van der Waals surface area contributed by atoms with Gasteiger partial charge in [-0.2, -0.15) is 0 Å². The number of rotatable bonds is 11. The SMILES string of the molecule is COc1cc(C(NC(=O)CC(C)C)NC(=O)CC(C)C)ccc1OCc1ccccc1. The maximum atomic E-state index is 12.4. The number of carbonyl (C=O) groups is 2. The summed E-state index contributed by atoms with van der Waals surface area (Å²) in [5.74, 6) is 1.33. The van der Waals surface area contributed by atoms with Gasteiger partial charge in [-0.15, -0.1) is 0 Å². The summed E-state index contributed by atoms with van der Waals surface area (Å²) in [5.41, 5.74) is 1.77. The van der Waals surface area contributed by atoms with E-state index in [1.54, 1.807) is 19.2 Å². The Balaban J connectivity index is 2.20. The Morgan fingerprint density at radius 3 is 1.94 bits per heavy atom. The van der Waals surface area contributed by atoms with Crippen LogP contribution < -0.4 is 20.1 Å². The first-order chi connectivity index (χ1) is 14.8. The molecule has 6 nitrogen and oxygen atoms in total. The smallest absolute Gasteiger partial charge is 0.222 e. The lowest BCUT2D eigenvalue weighted by Gasteiger charge is -2.23. The largest absolute Gasteiger partial charge is 0.493 e. The first kappa shape index (κ1) is 24.3. The molecule has 2 N–H and O–H groups in total. The number of benzene rings is 2. The Labute approximate surface area is 185 Å². The fourth-order valence-corrected chi connectivity index (χ4v) is 3.10. The highest BCUT2D eigenvalue weighted by Crippen LogP contribution is 2.30. The number of amides is 2. The highest BCUT2D eigenvalue weighted by atomic mass is 16.5. The monoisotopic (exact) mass is 426 g/mol. The molecule has 2 aromatic carbocycles. The van der Waals surface area contributed by atoms with E-state index in [-0.39, 0.29) is 23.7 Å². The van der Waals surface area contributed by atoms with Gasteiger partial charge in [0.2, 0.25) is 11.8 Å². The van der Waals surface area contributed by atoms with E-state index in [0.29, 0.717) is 30.9 Å². The molecule has 0 saturated carbocycles. The van der Waals surface area contributed by atoms with Gasteiger partial charge in [0.05, 0.1) is 7.11 Å². The van der Waals surface area contributed by atoms with Crippen LogP contribution in [0.5, 0.6) is 11.5 Å². The Kier molecular flexibility index (Phi) is 9.38. The second-order valence-electron chi connectivity index (χ2n) is 8.45. The Hall–Kier alpha value is -3.02. The lowest BCUT2D eigenvalue weighted by atomic mass is 10.1. The van der Waals surface area contributed by atoms with Gasteiger partial charge in [-0.1, -0.05) is 64.1 Å². The van der Waals surface area contributed by atoms with Crippen molar-refractivity contribution >= 4 is 11.8 Å². The molecule has 0 spiro atoms. The molecule has 168 valence electrons. The van der Waals surface area contributed by atoms with Crippen LogP contribution in [0, 0.1) is 11.8 Å². The van der Waals surface area contributed by atoms with E-state index in [1.807, 2.05) is 64.1 Å². The number of nitrogens with one attached hydrogen (secondary N) is 2. The van der Waals surface area contributed by atoms with Gasteiger partial charge >= 0.3 is 0 Å². The first-order valence-electron chi connectivity index (χ1n) is 10.7. The maximum absolute atomic E-state index is 12.4. The zero-order valence-corrected chi connectivity index (χ0v) is 19.1. The first-order valence-corrected chi connectivity index (χ1v) is 10.7. The van der Waals surface area contributed by atoms with Crippen molar-refractivity contribution < 1.29 is 19.1 Å². The molecule has 0 saturated heterocycles. The van der Waals surface area contributed by atoms with Gasteiger partial charge in [0.25, 0.3) is 0 Å². The van der Waals surface area contributed by atoms with Crippen LogP contribution in [0.2, 0.25) is 0 Å². The van der Waals surface area contributed by atoms with Crippen molar-refractivity contribution in [3.05, 3.63) is 59.7 Å². The van der Waals surface area contributed by atoms with Gasteiger partial charge in [0, 0.05) is 12.8 Å². The second-order valence-corrected chi connectivity index (χ2v) is 8.45. The van der Waals surface area contributed by atoms with Gasteiger partial charge in [-0.3, -0.25) is 9.59 Å². The molecule has 0 unspecified atom stereocenters. The standard InChI is InChI=1S/C25H34N2O4/c1-17(2)13-23(28)26-25(27-24(29)14-18(3)4)20-11-12-21(22(15-20)30-5)31-16-19-9-7-6-8-10-19/h6-12,15,17-18,25H,13-14,16H2,1-5H3,(H,26,28)(H,27,29). The average Bonchev–Trinajstić information content (AvgIpc) is 2.71. The number of ether oxygens (including phenoxy) is 2. The summed E-state index contributed by atoms with van der Waals surface area (Å²) in [6.45, 7) is 8.33. The average molecular weight is 427 g/mol. The van der Waals surface area contributed by atoms with Crippen LogP contribution in [0.1, 0.15) is 57.8 Å². The third-order valence-corrected chi connectivity index (χ3v) is 4.56. The van der Waals surface area contributed by atoms with Crippen molar-refractivity contribution in [2.45, 2.75) is 53.3 Å². The maximum Gasteiger partial charge on any atom is 0.222 e. The van der Waals surface area contributed by atoms with Crippen molar-refractivity contribution in [3.8, 4) is 11.5 Å². The van der Waals surface area contributed by atoms with Crippen molar-refractivity contribution in [1.82, 2.24) is 10.6 Å². The molecular weight excluding hydrogens is 392 g/mol. The zero-order chi connectivity index (χ0) is 22.8. The summed E-state index contributed by atoms with van der Waals surface area (Å²) in [5, 5.41) is 5.86. The Morgan fingerprint density at radius 1 is 0.839 bits per heavy atom. The van der Waals surface area contributed by atoms with Crippen LogP contribution in [-0.4, -0.2) is 18.9 Å². The minimum atomic E-state index is -0.644. The molecule has 0 bridgehead atoms. The van der Waals surface area contributed by atoms with Crippen LogP contribution in [0.3, 0.4) is 0 Å². The third-order valence-electron chi connectivity index (χ3n) is 4.56. The van der Waals surface area contributed by atoms with Crippen molar-refractivity contribution in [2.24, 2.45) is 11.8 Å². The number of carbonyl (C=O) groups excluding carboxylic acids is 2. The third kappa shape index (κ3) is 8.32. The Bertz CT molecular complexity index is 826. The summed E-state index contributed by atoms with van der Waals surface area (Å²) in [7, 11) is 1.57. The highest BCUT2D eigenvalue weighted by molar-refractivity contribution is 5.79. The van der Waals surface area contributed by atoms with E-state index in [2.05, 4.69) is 10.6 Å². The zero-order valence-electron chi connectivity index (χ0n) is 19.1. The molecule has 0 heterocycles. The van der Waals surface area contributed by atoms with E-state index in [9.17, 15) is 9.59 Å². The normalized spacial score (nSPS) is 11.0. The van der Waals surface area contributed by atoms with E-state index in [0.717, 1.165) is 11.1 Å². The molecule has 0 aliphatic rings. The molecule has 2 rings (SSSR count). The molecule has 2 aromatic rings. The van der Waals surface area contributed by atoms with E-state index >= 15 is 0 Å². The highest BCUT2D eigenvalue weighted by Gasteiger charge is 2.20. The minimum absolute atomic E-state index is 0.117. The van der Waals surface area contributed by atoms with Crippen LogP contribution in [0.25, 0.3) is 0 Å². The van der Waals surface area contributed by atoms with Crippen LogP contribution in [-0.2, 0) is 16.2 Å². The molecule has 0 aromatic heterocycles. The van der Waals surface area contributed by atoms with Crippen molar-refractivity contribution in [2.75, 3.05) is 7.11 Å².